The molecule has 0 radical (unpaired) electrons. The summed E-state index contributed by atoms with van der Waals surface area (Å²) in [5.41, 5.74) is 3.04. The van der Waals surface area contributed by atoms with Gasteiger partial charge in [-0.05, 0) is 24.3 Å². The molecule has 0 saturated carbocycles. The normalized spacial score (nSPS) is 14.5. The minimum absolute atomic E-state index is 0.193. The van der Waals surface area contributed by atoms with Crippen LogP contribution in [0.3, 0.4) is 0 Å². The van der Waals surface area contributed by atoms with Gasteiger partial charge < -0.3 is 5.32 Å². The van der Waals surface area contributed by atoms with Crippen molar-refractivity contribution in [3.05, 3.63) is 66.9 Å². The van der Waals surface area contributed by atoms with Gasteiger partial charge in [0.1, 0.15) is 16.6 Å². The first-order valence-electron chi connectivity index (χ1n) is 7.65. The van der Waals surface area contributed by atoms with Crippen molar-refractivity contribution in [2.75, 3.05) is 5.32 Å². The number of nitrogens with zero attached hydrogens (tertiary/aromatic N) is 2. The van der Waals surface area contributed by atoms with E-state index in [1.165, 1.54) is 11.3 Å². The van der Waals surface area contributed by atoms with Crippen molar-refractivity contribution in [3.63, 3.8) is 0 Å². The molecule has 4 rings (SSSR count). The van der Waals surface area contributed by atoms with Crippen LogP contribution < -0.4 is 5.32 Å². The monoisotopic (exact) mass is 475 g/mol. The Balaban J connectivity index is 1.86. The second-order valence-corrected chi connectivity index (χ2v) is 8.29. The van der Waals surface area contributed by atoms with Crippen molar-refractivity contribution in [1.29, 1.82) is 5.26 Å². The number of thiazole rings is 1. The molecule has 1 aliphatic heterocycles. The van der Waals surface area contributed by atoms with Gasteiger partial charge in [-0.25, -0.2) is 4.98 Å². The molecule has 0 atom stereocenters. The van der Waals surface area contributed by atoms with Gasteiger partial charge in [-0.1, -0.05) is 51.3 Å². The minimum atomic E-state index is -0.397. The molecule has 27 heavy (non-hydrogen) atoms. The third kappa shape index (κ3) is 3.28. The Morgan fingerprint density at radius 3 is 2.67 bits per heavy atom. The number of fused-ring (bicyclic) bond motifs is 1. The summed E-state index contributed by atoms with van der Waals surface area (Å²) in [4.78, 5) is 17.1. The first-order chi connectivity index (χ1) is 13.0. The van der Waals surface area contributed by atoms with E-state index in [9.17, 15) is 10.1 Å². The first-order valence-corrected chi connectivity index (χ1v) is 10.1. The highest BCUT2D eigenvalue weighted by Crippen LogP contribution is 2.43. The van der Waals surface area contributed by atoms with Gasteiger partial charge in [0, 0.05) is 26.0 Å². The lowest BCUT2D eigenvalue weighted by Crippen LogP contribution is -2.05. The molecule has 0 bridgehead atoms. The van der Waals surface area contributed by atoms with E-state index in [2.05, 4.69) is 32.3 Å². The first kappa shape index (κ1) is 18.2. The molecular formula is C19H8BrCl2N3OS. The molecule has 132 valence electrons. The Morgan fingerprint density at radius 1 is 1.22 bits per heavy atom. The van der Waals surface area contributed by atoms with Gasteiger partial charge >= 0.3 is 0 Å². The molecule has 4 nitrogen and oxygen atoms in total. The zero-order chi connectivity index (χ0) is 19.1. The lowest BCUT2D eigenvalue weighted by atomic mass is 10.0. The van der Waals surface area contributed by atoms with E-state index >= 15 is 0 Å². The second kappa shape index (κ2) is 7.10. The molecule has 1 aliphatic rings. The van der Waals surface area contributed by atoms with Crippen LogP contribution in [0.15, 0.2) is 46.3 Å². The molecule has 1 aromatic heterocycles. The molecule has 2 aromatic carbocycles. The van der Waals surface area contributed by atoms with Gasteiger partial charge in [0.25, 0.3) is 5.91 Å². The van der Waals surface area contributed by atoms with Crippen LogP contribution in [0.5, 0.6) is 0 Å². The maximum atomic E-state index is 12.5. The van der Waals surface area contributed by atoms with E-state index < -0.39 is 5.91 Å². The number of carbonyl (C=O) groups is 1. The number of hydrogen-bond donors (Lipinski definition) is 1. The van der Waals surface area contributed by atoms with Crippen LogP contribution in [0.1, 0.15) is 10.6 Å². The van der Waals surface area contributed by atoms with Crippen LogP contribution in [-0.4, -0.2) is 10.9 Å². The van der Waals surface area contributed by atoms with Crippen molar-refractivity contribution in [2.24, 2.45) is 0 Å². The van der Waals surface area contributed by atoms with E-state index in [4.69, 9.17) is 23.2 Å². The number of benzene rings is 2. The average Bonchev–Trinajstić information content (AvgIpc) is 3.23. The molecule has 0 saturated heterocycles. The van der Waals surface area contributed by atoms with Crippen molar-refractivity contribution >= 4 is 73.2 Å². The highest BCUT2D eigenvalue weighted by Gasteiger charge is 2.31. The van der Waals surface area contributed by atoms with Gasteiger partial charge in [-0.2, -0.15) is 5.26 Å². The number of amides is 1. The van der Waals surface area contributed by atoms with Crippen molar-refractivity contribution in [1.82, 2.24) is 4.98 Å². The summed E-state index contributed by atoms with van der Waals surface area (Å²) in [7, 11) is 0. The number of nitriles is 1. The molecule has 0 spiro atoms. The zero-order valence-electron chi connectivity index (χ0n) is 13.4. The van der Waals surface area contributed by atoms with Crippen molar-refractivity contribution < 1.29 is 4.79 Å². The van der Waals surface area contributed by atoms with E-state index in [0.29, 0.717) is 26.3 Å². The molecule has 0 fully saturated rings. The number of anilines is 1. The molecule has 0 unspecified atom stereocenters. The van der Waals surface area contributed by atoms with Crippen LogP contribution >= 0.6 is 50.5 Å². The summed E-state index contributed by atoms with van der Waals surface area (Å²) < 4.78 is 0.967. The standard InChI is InChI=1S/C19H8BrCl2N3OS/c20-10-3-1-9(2-4-10)15-8-27-19(24-15)13(7-23)16-12-5-11(21)6-14(22)17(12)25-18(16)26/h1-6,8H,(H,25,26)/b16-13+. The van der Waals surface area contributed by atoms with Crippen LogP contribution in [0.4, 0.5) is 5.69 Å². The largest absolute Gasteiger partial charge is 0.320 e. The number of halogens is 3. The van der Waals surface area contributed by atoms with Crippen LogP contribution in [0, 0.1) is 11.3 Å². The molecular weight excluding hydrogens is 469 g/mol. The van der Waals surface area contributed by atoms with Crippen LogP contribution in [0.2, 0.25) is 10.0 Å². The van der Waals surface area contributed by atoms with E-state index in [1.54, 1.807) is 12.1 Å². The smallest absolute Gasteiger partial charge is 0.257 e. The van der Waals surface area contributed by atoms with E-state index in [-0.39, 0.29) is 11.1 Å². The summed E-state index contributed by atoms with van der Waals surface area (Å²) in [6.07, 6.45) is 0. The molecule has 2 heterocycles. The van der Waals surface area contributed by atoms with Crippen molar-refractivity contribution in [3.8, 4) is 17.3 Å². The highest BCUT2D eigenvalue weighted by molar-refractivity contribution is 9.10. The summed E-state index contributed by atoms with van der Waals surface area (Å²) in [6.45, 7) is 0. The summed E-state index contributed by atoms with van der Waals surface area (Å²) in [5, 5.41) is 15.5. The van der Waals surface area contributed by atoms with E-state index in [1.807, 2.05) is 29.6 Å². The topological polar surface area (TPSA) is 65.8 Å². The summed E-state index contributed by atoms with van der Waals surface area (Å²) >= 11 is 17.0. The molecule has 3 aromatic rings. The minimum Gasteiger partial charge on any atom is -0.320 e. The lowest BCUT2D eigenvalue weighted by Gasteiger charge is -2.03. The van der Waals surface area contributed by atoms with Gasteiger partial charge in [0.15, 0.2) is 0 Å². The Hall–Kier alpha value is -2.17. The Kier molecular flexibility index (Phi) is 4.79. The third-order valence-electron chi connectivity index (χ3n) is 4.01. The predicted octanol–water partition coefficient (Wildman–Crippen LogP) is 6.27. The average molecular weight is 477 g/mol. The number of rotatable bonds is 2. The van der Waals surface area contributed by atoms with Gasteiger partial charge in [0.05, 0.1) is 22.0 Å². The number of hydrogen-bond acceptors (Lipinski definition) is 4. The number of aromatic nitrogens is 1. The lowest BCUT2D eigenvalue weighted by molar-refractivity contribution is -0.110. The zero-order valence-corrected chi connectivity index (χ0v) is 17.3. The fourth-order valence-electron chi connectivity index (χ4n) is 2.80. The van der Waals surface area contributed by atoms with Gasteiger partial charge in [-0.3, -0.25) is 4.79 Å². The Morgan fingerprint density at radius 2 is 1.96 bits per heavy atom. The summed E-state index contributed by atoms with van der Waals surface area (Å²) in [5.74, 6) is -0.397. The third-order valence-corrected chi connectivity index (χ3v) is 5.91. The Bertz CT molecular complexity index is 1160. The maximum Gasteiger partial charge on any atom is 0.257 e. The molecule has 0 aliphatic carbocycles. The summed E-state index contributed by atoms with van der Waals surface area (Å²) in [6, 6.07) is 13.0. The highest BCUT2D eigenvalue weighted by atomic mass is 79.9. The Labute approximate surface area is 177 Å². The van der Waals surface area contributed by atoms with Gasteiger partial charge in [-0.15, -0.1) is 11.3 Å². The van der Waals surface area contributed by atoms with Gasteiger partial charge in [0.2, 0.25) is 0 Å². The maximum absolute atomic E-state index is 12.5. The molecule has 1 amide bonds. The van der Waals surface area contributed by atoms with E-state index in [0.717, 1.165) is 15.7 Å². The SMILES string of the molecule is N#C/C(=C1\C(=O)Nc2c(Cl)cc(Cl)cc21)c1nc(-c2ccc(Br)cc2)cs1. The number of allylic oxidation sites excluding steroid dienone is 1. The fourth-order valence-corrected chi connectivity index (χ4v) is 4.43. The van der Waals surface area contributed by atoms with Crippen LogP contribution in [-0.2, 0) is 4.79 Å². The second-order valence-electron chi connectivity index (χ2n) is 5.67. The molecule has 1 N–H and O–H groups in total. The van der Waals surface area contributed by atoms with Crippen LogP contribution in [0.25, 0.3) is 22.4 Å². The molecule has 8 heteroatoms. The fraction of sp³-hybridized carbons (Fsp3) is 0. The number of nitrogens with one attached hydrogen (secondary N) is 1. The van der Waals surface area contributed by atoms with Crippen molar-refractivity contribution in [2.45, 2.75) is 0 Å². The quantitative estimate of drug-likeness (QED) is 0.350. The predicted molar refractivity (Wildman–Crippen MR) is 113 cm³/mol. The number of carbonyl (C=O) groups excluding carboxylic acids is 1.